The zero-order chi connectivity index (χ0) is 18.4. The molecule has 0 aliphatic carbocycles. The first-order valence-electron chi connectivity index (χ1n) is 8.81. The number of rotatable bonds is 5. The van der Waals surface area contributed by atoms with E-state index in [9.17, 15) is 0 Å². The van der Waals surface area contributed by atoms with E-state index in [4.69, 9.17) is 4.99 Å². The third-order valence-corrected chi connectivity index (χ3v) is 4.32. The van der Waals surface area contributed by atoms with Gasteiger partial charge in [-0.25, -0.2) is 4.99 Å². The third kappa shape index (κ3) is 4.07. The first-order valence-corrected chi connectivity index (χ1v) is 8.81. The molecule has 0 N–H and O–H groups in total. The van der Waals surface area contributed by atoms with Gasteiger partial charge in [-0.05, 0) is 42.7 Å². The van der Waals surface area contributed by atoms with Crippen molar-refractivity contribution in [3.8, 4) is 11.1 Å². The molecule has 1 heteroatoms. The summed E-state index contributed by atoms with van der Waals surface area (Å²) in [5, 5.41) is 0. The van der Waals surface area contributed by atoms with Gasteiger partial charge in [0, 0.05) is 5.56 Å². The lowest BCUT2D eigenvalue weighted by Crippen LogP contribution is -1.98. The highest BCUT2D eigenvalue weighted by atomic mass is 14.8. The summed E-state index contributed by atoms with van der Waals surface area (Å²) in [4.78, 5) is 4.86. The summed E-state index contributed by atoms with van der Waals surface area (Å²) < 4.78 is 0. The fraction of sp³-hybridized carbons (Fsp3) is 0.0800. The molecule has 0 fully saturated rings. The van der Waals surface area contributed by atoms with Crippen LogP contribution in [0.25, 0.3) is 16.8 Å². The van der Waals surface area contributed by atoms with Crippen molar-refractivity contribution in [2.75, 3.05) is 0 Å². The number of nitrogens with zero attached hydrogens (tertiary/aromatic N) is 1. The molecule has 0 unspecified atom stereocenters. The monoisotopic (exact) mass is 337 g/mol. The highest BCUT2D eigenvalue weighted by Gasteiger charge is 2.05. The van der Waals surface area contributed by atoms with Gasteiger partial charge in [-0.1, -0.05) is 91.0 Å². The number of hydrogen-bond donors (Lipinski definition) is 0. The molecule has 3 aromatic carbocycles. The first-order chi connectivity index (χ1) is 12.7. The molecular formula is C25H23N. The molecule has 0 saturated carbocycles. The summed E-state index contributed by atoms with van der Waals surface area (Å²) in [5.41, 5.74) is 7.63. The molecule has 0 bridgehead atoms. The molecule has 0 radical (unpaired) electrons. The number of allylic oxidation sites excluding steroid dienone is 2. The van der Waals surface area contributed by atoms with Gasteiger partial charge in [0.25, 0.3) is 0 Å². The fourth-order valence-electron chi connectivity index (χ4n) is 2.87. The topological polar surface area (TPSA) is 12.4 Å². The zero-order valence-corrected chi connectivity index (χ0v) is 15.3. The minimum Gasteiger partial charge on any atom is -0.248 e. The van der Waals surface area contributed by atoms with Crippen molar-refractivity contribution in [2.45, 2.75) is 13.8 Å². The van der Waals surface area contributed by atoms with Crippen LogP contribution in [0.15, 0.2) is 103 Å². The Morgan fingerprint density at radius 3 is 2.15 bits per heavy atom. The molecule has 3 rings (SSSR count). The van der Waals surface area contributed by atoms with Gasteiger partial charge in [0.15, 0.2) is 0 Å². The van der Waals surface area contributed by atoms with Crippen LogP contribution in [0.4, 0.5) is 0 Å². The Morgan fingerprint density at radius 2 is 1.50 bits per heavy atom. The Labute approximate surface area is 156 Å². The lowest BCUT2D eigenvalue weighted by molar-refractivity contribution is 1.46. The molecule has 0 spiro atoms. The number of aliphatic imine (C=N–C) groups is 1. The Morgan fingerprint density at radius 1 is 0.808 bits per heavy atom. The summed E-state index contributed by atoms with van der Waals surface area (Å²) >= 11 is 0. The molecule has 1 nitrogen and oxygen atoms in total. The second kappa shape index (κ2) is 8.26. The molecule has 0 aromatic heterocycles. The molecule has 0 aliphatic heterocycles. The van der Waals surface area contributed by atoms with Gasteiger partial charge in [0.1, 0.15) is 0 Å². The van der Waals surface area contributed by atoms with E-state index in [1.54, 1.807) is 0 Å². The van der Waals surface area contributed by atoms with E-state index in [1.807, 2.05) is 37.3 Å². The van der Waals surface area contributed by atoms with Crippen LogP contribution < -0.4 is 0 Å². The van der Waals surface area contributed by atoms with Crippen LogP contribution in [0.1, 0.15) is 23.6 Å². The normalized spacial score (nSPS) is 12.1. The van der Waals surface area contributed by atoms with Crippen molar-refractivity contribution in [1.29, 1.82) is 0 Å². The van der Waals surface area contributed by atoms with E-state index >= 15 is 0 Å². The molecule has 26 heavy (non-hydrogen) atoms. The maximum Gasteiger partial charge on any atom is 0.0703 e. The van der Waals surface area contributed by atoms with Gasteiger partial charge < -0.3 is 0 Å². The molecule has 3 aromatic rings. The van der Waals surface area contributed by atoms with Crippen molar-refractivity contribution >= 4 is 11.4 Å². The van der Waals surface area contributed by atoms with Gasteiger partial charge in [-0.15, -0.1) is 0 Å². The maximum atomic E-state index is 4.86. The van der Waals surface area contributed by atoms with Crippen LogP contribution in [-0.4, -0.2) is 5.71 Å². The summed E-state index contributed by atoms with van der Waals surface area (Å²) in [5.74, 6) is 0. The first kappa shape index (κ1) is 17.6. The fourth-order valence-corrected chi connectivity index (χ4v) is 2.87. The van der Waals surface area contributed by atoms with E-state index in [0.29, 0.717) is 0 Å². The highest BCUT2D eigenvalue weighted by Crippen LogP contribution is 2.23. The number of hydrogen-bond acceptors (Lipinski definition) is 1. The standard InChI is InChI=1S/C25H23N/c1-4-24(21-10-7-6-8-11-21)26-25(5-2)23-13-9-12-22(18-23)20-16-14-19(3)15-17-20/h4-18H,2H2,1,3H3/b24-4-,26-25?. The van der Waals surface area contributed by atoms with Crippen molar-refractivity contribution in [2.24, 2.45) is 4.99 Å². The predicted octanol–water partition coefficient (Wildman–Crippen LogP) is 6.70. The largest absolute Gasteiger partial charge is 0.248 e. The Hall–Kier alpha value is -3.19. The Bertz CT molecular complexity index is 945. The summed E-state index contributed by atoms with van der Waals surface area (Å²) in [6, 6.07) is 27.2. The zero-order valence-electron chi connectivity index (χ0n) is 15.3. The molecule has 0 amide bonds. The van der Waals surface area contributed by atoms with Crippen LogP contribution in [0.2, 0.25) is 0 Å². The van der Waals surface area contributed by atoms with Gasteiger partial charge in [0.05, 0.1) is 11.4 Å². The molecular weight excluding hydrogens is 314 g/mol. The van der Waals surface area contributed by atoms with Crippen LogP contribution in [0.5, 0.6) is 0 Å². The van der Waals surface area contributed by atoms with Crippen LogP contribution in [0, 0.1) is 6.92 Å². The molecule has 0 heterocycles. The van der Waals surface area contributed by atoms with Crippen LogP contribution in [-0.2, 0) is 0 Å². The summed E-state index contributed by atoms with van der Waals surface area (Å²) in [7, 11) is 0. The minimum absolute atomic E-state index is 0.871. The van der Waals surface area contributed by atoms with E-state index in [0.717, 1.165) is 22.5 Å². The number of benzene rings is 3. The van der Waals surface area contributed by atoms with Gasteiger partial charge >= 0.3 is 0 Å². The summed E-state index contributed by atoms with van der Waals surface area (Å²) in [6.45, 7) is 8.09. The van der Waals surface area contributed by atoms with Crippen molar-refractivity contribution in [3.63, 3.8) is 0 Å². The average Bonchev–Trinajstić information content (AvgIpc) is 2.70. The quantitative estimate of drug-likeness (QED) is 0.459. The molecule has 0 saturated heterocycles. The van der Waals surface area contributed by atoms with Crippen LogP contribution in [0.3, 0.4) is 0 Å². The van der Waals surface area contributed by atoms with Crippen LogP contribution >= 0.6 is 0 Å². The third-order valence-electron chi connectivity index (χ3n) is 4.32. The van der Waals surface area contributed by atoms with Crippen molar-refractivity contribution < 1.29 is 0 Å². The van der Waals surface area contributed by atoms with E-state index < -0.39 is 0 Å². The van der Waals surface area contributed by atoms with Crippen molar-refractivity contribution in [3.05, 3.63) is 114 Å². The van der Waals surface area contributed by atoms with E-state index in [2.05, 4.69) is 74.2 Å². The van der Waals surface area contributed by atoms with Gasteiger partial charge in [-0.2, -0.15) is 0 Å². The molecule has 128 valence electrons. The summed E-state index contributed by atoms with van der Waals surface area (Å²) in [6.07, 6.45) is 3.85. The molecule has 0 atom stereocenters. The number of aryl methyl sites for hydroxylation is 1. The molecule has 0 aliphatic rings. The Kier molecular flexibility index (Phi) is 5.60. The average molecular weight is 337 g/mol. The van der Waals surface area contributed by atoms with Crippen molar-refractivity contribution in [1.82, 2.24) is 0 Å². The second-order valence-electron chi connectivity index (χ2n) is 6.19. The predicted molar refractivity (Wildman–Crippen MR) is 113 cm³/mol. The lowest BCUT2D eigenvalue weighted by Gasteiger charge is -2.08. The minimum atomic E-state index is 0.871. The maximum absolute atomic E-state index is 4.86. The lowest BCUT2D eigenvalue weighted by atomic mass is 10.00. The SMILES string of the molecule is C=CC(=N/C(=C\C)c1ccccc1)c1cccc(-c2ccc(C)cc2)c1. The second-order valence-corrected chi connectivity index (χ2v) is 6.19. The van der Waals surface area contributed by atoms with Gasteiger partial charge in [0.2, 0.25) is 0 Å². The van der Waals surface area contributed by atoms with E-state index in [1.165, 1.54) is 16.7 Å². The van der Waals surface area contributed by atoms with Gasteiger partial charge in [-0.3, -0.25) is 0 Å². The highest BCUT2D eigenvalue weighted by molar-refractivity contribution is 6.11. The van der Waals surface area contributed by atoms with E-state index in [-0.39, 0.29) is 0 Å². The Balaban J connectivity index is 1.99. The smallest absolute Gasteiger partial charge is 0.0703 e.